The molecule has 2 heterocycles. The number of nitrogens with zero attached hydrogens (tertiary/aromatic N) is 3. The van der Waals surface area contributed by atoms with Gasteiger partial charge in [0.15, 0.2) is 0 Å². The monoisotopic (exact) mass is 357 g/mol. The molecule has 0 aliphatic carbocycles. The van der Waals surface area contributed by atoms with E-state index in [9.17, 15) is 18.0 Å². The Morgan fingerprint density at radius 1 is 1.24 bits per heavy atom. The summed E-state index contributed by atoms with van der Waals surface area (Å²) in [6.45, 7) is 7.67. The molecule has 0 spiro atoms. The first-order valence-electron chi connectivity index (χ1n) is 8.53. The summed E-state index contributed by atoms with van der Waals surface area (Å²) < 4.78 is 38.4. The van der Waals surface area contributed by atoms with Crippen molar-refractivity contribution in [2.45, 2.75) is 39.8 Å². The van der Waals surface area contributed by atoms with Crippen molar-refractivity contribution in [1.82, 2.24) is 9.88 Å². The van der Waals surface area contributed by atoms with Crippen LogP contribution < -0.4 is 4.90 Å². The summed E-state index contributed by atoms with van der Waals surface area (Å²) in [4.78, 5) is 19.7. The van der Waals surface area contributed by atoms with E-state index >= 15 is 0 Å². The van der Waals surface area contributed by atoms with Gasteiger partial charge >= 0.3 is 6.18 Å². The van der Waals surface area contributed by atoms with Crippen LogP contribution in [0.1, 0.15) is 39.3 Å². The van der Waals surface area contributed by atoms with Gasteiger partial charge in [0.2, 0.25) is 5.91 Å². The molecule has 1 aliphatic heterocycles. The highest BCUT2D eigenvalue weighted by atomic mass is 19.4. The fourth-order valence-electron chi connectivity index (χ4n) is 3.14. The molecule has 1 aromatic rings. The molecule has 0 atom stereocenters. The fraction of sp³-hybridized carbons (Fsp3) is 0.667. The zero-order valence-electron chi connectivity index (χ0n) is 15.2. The number of hydrogen-bond donors (Lipinski definition) is 0. The van der Waals surface area contributed by atoms with E-state index in [2.05, 4.69) is 4.98 Å². The Morgan fingerprint density at radius 3 is 2.36 bits per heavy atom. The summed E-state index contributed by atoms with van der Waals surface area (Å²) in [5.41, 5.74) is -1.26. The van der Waals surface area contributed by atoms with E-state index in [-0.39, 0.29) is 5.91 Å². The van der Waals surface area contributed by atoms with Gasteiger partial charge in [-0.2, -0.15) is 13.2 Å². The Labute approximate surface area is 147 Å². The number of piperidine rings is 1. The van der Waals surface area contributed by atoms with Gasteiger partial charge in [-0.1, -0.05) is 26.8 Å². The van der Waals surface area contributed by atoms with Gasteiger partial charge in [0.1, 0.15) is 11.5 Å². The zero-order chi connectivity index (χ0) is 18.8. The van der Waals surface area contributed by atoms with Crippen LogP contribution in [-0.4, -0.2) is 42.5 Å². The lowest BCUT2D eigenvalue weighted by Crippen LogP contribution is -2.43. The van der Waals surface area contributed by atoms with Crippen LogP contribution in [0.5, 0.6) is 0 Å². The Balaban J connectivity index is 1.93. The van der Waals surface area contributed by atoms with Crippen LogP contribution in [0.15, 0.2) is 18.2 Å². The van der Waals surface area contributed by atoms with Gasteiger partial charge in [-0.3, -0.25) is 4.79 Å². The van der Waals surface area contributed by atoms with Gasteiger partial charge in [-0.25, -0.2) is 4.98 Å². The summed E-state index contributed by atoms with van der Waals surface area (Å²) in [5, 5.41) is 0. The predicted molar refractivity (Wildman–Crippen MR) is 91.3 cm³/mol. The van der Waals surface area contributed by atoms with Crippen molar-refractivity contribution in [2.24, 2.45) is 11.3 Å². The van der Waals surface area contributed by atoms with E-state index in [1.165, 1.54) is 6.07 Å². The Morgan fingerprint density at radius 2 is 1.84 bits per heavy atom. The van der Waals surface area contributed by atoms with Crippen LogP contribution in [0.4, 0.5) is 19.0 Å². The van der Waals surface area contributed by atoms with Gasteiger partial charge in [-0.05, 0) is 30.9 Å². The number of hydrogen-bond acceptors (Lipinski definition) is 3. The molecule has 0 aromatic carbocycles. The molecule has 0 unspecified atom stereocenters. The van der Waals surface area contributed by atoms with Crippen molar-refractivity contribution < 1.29 is 18.0 Å². The molecule has 140 valence electrons. The average molecular weight is 357 g/mol. The van der Waals surface area contributed by atoms with Crippen molar-refractivity contribution in [1.29, 1.82) is 0 Å². The number of anilines is 1. The maximum absolute atomic E-state index is 12.8. The van der Waals surface area contributed by atoms with Crippen LogP contribution in [0.2, 0.25) is 0 Å². The number of pyridine rings is 1. The quantitative estimate of drug-likeness (QED) is 0.825. The van der Waals surface area contributed by atoms with Gasteiger partial charge in [-0.15, -0.1) is 0 Å². The highest BCUT2D eigenvalue weighted by Crippen LogP contribution is 2.30. The highest BCUT2D eigenvalue weighted by Gasteiger charge is 2.33. The minimum Gasteiger partial charge on any atom is -0.357 e. The number of carbonyl (C=O) groups excluding carboxylic acids is 1. The normalized spacial score (nSPS) is 16.8. The third kappa shape index (κ3) is 5.09. The molecule has 0 radical (unpaired) electrons. The van der Waals surface area contributed by atoms with Crippen LogP contribution in [0.3, 0.4) is 0 Å². The lowest BCUT2D eigenvalue weighted by molar-refractivity contribution is -0.141. The van der Waals surface area contributed by atoms with Crippen LogP contribution >= 0.6 is 0 Å². The SMILES string of the molecule is CN(CC1CCN(c2cccc(C(F)(F)F)n2)CC1)C(=O)C(C)(C)C. The van der Waals surface area contributed by atoms with E-state index in [4.69, 9.17) is 0 Å². The molecule has 4 nitrogen and oxygen atoms in total. The second-order valence-electron chi connectivity index (χ2n) is 7.74. The molecule has 0 N–H and O–H groups in total. The molecule has 0 bridgehead atoms. The molecule has 0 saturated carbocycles. The third-order valence-corrected chi connectivity index (χ3v) is 4.48. The molecule has 2 rings (SSSR count). The molecular weight excluding hydrogens is 331 g/mol. The fourth-order valence-corrected chi connectivity index (χ4v) is 3.14. The van der Waals surface area contributed by atoms with Crippen LogP contribution in [0.25, 0.3) is 0 Å². The second-order valence-corrected chi connectivity index (χ2v) is 7.74. The van der Waals surface area contributed by atoms with Crippen LogP contribution in [0, 0.1) is 11.3 Å². The van der Waals surface area contributed by atoms with Crippen molar-refractivity contribution in [2.75, 3.05) is 31.6 Å². The summed E-state index contributed by atoms with van der Waals surface area (Å²) in [6, 6.07) is 4.00. The van der Waals surface area contributed by atoms with E-state index in [1.54, 1.807) is 11.0 Å². The second kappa shape index (κ2) is 7.22. The first-order valence-corrected chi connectivity index (χ1v) is 8.53. The molecule has 1 aliphatic rings. The number of amides is 1. The zero-order valence-corrected chi connectivity index (χ0v) is 15.2. The minimum atomic E-state index is -4.43. The predicted octanol–water partition coefficient (Wildman–Crippen LogP) is 3.82. The number of halogens is 3. The standard InChI is InChI=1S/C18H26F3N3O/c1-17(2,3)16(25)23(4)12-13-8-10-24(11-9-13)15-7-5-6-14(22-15)18(19,20)21/h5-7,13H,8-12H2,1-4H3. The topological polar surface area (TPSA) is 36.4 Å². The van der Waals surface area contributed by atoms with Gasteiger partial charge in [0, 0.05) is 32.1 Å². The smallest absolute Gasteiger partial charge is 0.357 e. The first kappa shape index (κ1) is 19.5. The van der Waals surface area contributed by atoms with Gasteiger partial charge in [0.25, 0.3) is 0 Å². The average Bonchev–Trinajstić information content (AvgIpc) is 2.53. The van der Waals surface area contributed by atoms with Gasteiger partial charge in [0.05, 0.1) is 0 Å². The minimum absolute atomic E-state index is 0.106. The lowest BCUT2D eigenvalue weighted by atomic mass is 9.92. The maximum Gasteiger partial charge on any atom is 0.433 e. The molecule has 7 heteroatoms. The molecular formula is C18H26F3N3O. The van der Waals surface area contributed by atoms with E-state index in [1.807, 2.05) is 32.7 Å². The largest absolute Gasteiger partial charge is 0.433 e. The Kier molecular flexibility index (Phi) is 5.64. The molecule has 1 fully saturated rings. The lowest BCUT2D eigenvalue weighted by Gasteiger charge is -2.36. The van der Waals surface area contributed by atoms with E-state index < -0.39 is 17.3 Å². The Bertz CT molecular complexity index is 602. The highest BCUT2D eigenvalue weighted by molar-refractivity contribution is 5.81. The number of alkyl halides is 3. The number of rotatable bonds is 3. The molecule has 1 amide bonds. The third-order valence-electron chi connectivity index (χ3n) is 4.48. The van der Waals surface area contributed by atoms with E-state index in [0.717, 1.165) is 18.9 Å². The van der Waals surface area contributed by atoms with Crippen LogP contribution in [-0.2, 0) is 11.0 Å². The number of carbonyl (C=O) groups is 1. The summed E-state index contributed by atoms with van der Waals surface area (Å²) in [5.74, 6) is 0.834. The van der Waals surface area contributed by atoms with Gasteiger partial charge < -0.3 is 9.80 Å². The van der Waals surface area contributed by atoms with Crippen molar-refractivity contribution in [3.63, 3.8) is 0 Å². The number of aromatic nitrogens is 1. The summed E-state index contributed by atoms with van der Waals surface area (Å²) in [7, 11) is 1.81. The first-order chi connectivity index (χ1) is 11.5. The Hall–Kier alpha value is -1.79. The molecule has 25 heavy (non-hydrogen) atoms. The van der Waals surface area contributed by atoms with Crippen molar-refractivity contribution in [3.8, 4) is 0 Å². The summed E-state index contributed by atoms with van der Waals surface area (Å²) in [6.07, 6.45) is -2.76. The summed E-state index contributed by atoms with van der Waals surface area (Å²) >= 11 is 0. The molecule has 1 saturated heterocycles. The van der Waals surface area contributed by atoms with Crippen molar-refractivity contribution in [3.05, 3.63) is 23.9 Å². The molecule has 1 aromatic heterocycles. The van der Waals surface area contributed by atoms with E-state index in [0.29, 0.717) is 31.4 Å². The van der Waals surface area contributed by atoms with Crippen molar-refractivity contribution >= 4 is 11.7 Å². The maximum atomic E-state index is 12.8.